The molecule has 0 unspecified atom stereocenters. The molecule has 1 atom stereocenters. The lowest BCUT2D eigenvalue weighted by Crippen LogP contribution is -2.42. The predicted molar refractivity (Wildman–Crippen MR) is 89.9 cm³/mol. The van der Waals surface area contributed by atoms with E-state index in [1.165, 1.54) is 0 Å². The lowest BCUT2D eigenvalue weighted by molar-refractivity contribution is -0.136. The number of carbonyl (C=O) groups excluding carboxylic acids is 1. The Kier molecular flexibility index (Phi) is 7.14. The molecule has 0 saturated carbocycles. The van der Waals surface area contributed by atoms with Crippen LogP contribution in [0.4, 0.5) is 13.2 Å². The van der Waals surface area contributed by atoms with Crippen molar-refractivity contribution in [1.29, 1.82) is 0 Å². The van der Waals surface area contributed by atoms with Gasteiger partial charge in [0, 0.05) is 5.54 Å². The molecule has 10 heteroatoms. The Balaban J connectivity index is 3.54. The predicted octanol–water partition coefficient (Wildman–Crippen LogP) is 4.34. The molecule has 0 radical (unpaired) electrons. The number of alkyl halides is 3. The van der Waals surface area contributed by atoms with Crippen LogP contribution in [0.3, 0.4) is 0 Å². The molecule has 0 saturated heterocycles. The Hall–Kier alpha value is -1.03. The van der Waals surface area contributed by atoms with Gasteiger partial charge in [0.2, 0.25) is 0 Å². The zero-order valence-corrected chi connectivity index (χ0v) is 16.7. The molecule has 0 fully saturated rings. The first-order valence-corrected chi connectivity index (χ1v) is 12.4. The monoisotopic (exact) mass is 402 g/mol. The first-order chi connectivity index (χ1) is 11.5. The number of halogens is 3. The fourth-order valence-corrected chi connectivity index (χ4v) is 8.84. The van der Waals surface area contributed by atoms with Gasteiger partial charge in [-0.25, -0.2) is 4.79 Å². The number of hydrogen-bond donors (Lipinski definition) is 0. The maximum absolute atomic E-state index is 12.8. The zero-order valence-electron chi connectivity index (χ0n) is 14.9. The molecule has 0 bridgehead atoms. The lowest BCUT2D eigenvalue weighted by Gasteiger charge is -2.40. The van der Waals surface area contributed by atoms with Crippen molar-refractivity contribution in [2.45, 2.75) is 69.2 Å². The Labute approximate surface area is 147 Å². The van der Waals surface area contributed by atoms with Gasteiger partial charge < -0.3 is 8.92 Å². The summed E-state index contributed by atoms with van der Waals surface area (Å²) in [6.45, 7) is 5.88. The van der Waals surface area contributed by atoms with E-state index in [4.69, 9.17) is 0 Å². The summed E-state index contributed by atoms with van der Waals surface area (Å²) in [6.07, 6.45) is 1.25. The van der Waals surface area contributed by atoms with E-state index in [0.717, 1.165) is 25.2 Å². The van der Waals surface area contributed by atoms with Crippen LogP contribution in [0.25, 0.3) is 0 Å². The normalized spacial score (nSPS) is 19.7. The third kappa shape index (κ3) is 4.39. The molecule has 25 heavy (non-hydrogen) atoms. The van der Waals surface area contributed by atoms with Crippen LogP contribution in [0.15, 0.2) is 11.3 Å². The van der Waals surface area contributed by atoms with Crippen molar-refractivity contribution < 1.29 is 35.3 Å². The largest absolute Gasteiger partial charge is 0.534 e. The topological polar surface area (TPSA) is 69.7 Å². The Morgan fingerprint density at radius 2 is 1.72 bits per heavy atom. The summed E-state index contributed by atoms with van der Waals surface area (Å²) in [4.78, 5) is 12.0. The fraction of sp³-hybridized carbons (Fsp3) is 0.800. The molecule has 0 heterocycles. The second kappa shape index (κ2) is 8.11. The van der Waals surface area contributed by atoms with Gasteiger partial charge in [0.05, 0.1) is 20.8 Å². The van der Waals surface area contributed by atoms with Crippen molar-refractivity contribution in [2.75, 3.05) is 7.11 Å². The highest BCUT2D eigenvalue weighted by Crippen LogP contribution is 2.48. The quantitative estimate of drug-likeness (QED) is 0.274. The Morgan fingerprint density at radius 1 is 1.20 bits per heavy atom. The summed E-state index contributed by atoms with van der Waals surface area (Å²) < 4.78 is 70.9. The van der Waals surface area contributed by atoms with Gasteiger partial charge in [0.25, 0.3) is 0 Å². The highest BCUT2D eigenvalue weighted by molar-refractivity contribution is 7.87. The van der Waals surface area contributed by atoms with Gasteiger partial charge in [-0.1, -0.05) is 38.9 Å². The van der Waals surface area contributed by atoms with Gasteiger partial charge in [0.15, 0.2) is 0 Å². The smallest absolute Gasteiger partial charge is 0.466 e. The van der Waals surface area contributed by atoms with Crippen molar-refractivity contribution in [3.05, 3.63) is 11.3 Å². The second-order valence-electron chi connectivity index (χ2n) is 6.19. The molecule has 1 rings (SSSR count). The van der Waals surface area contributed by atoms with Crippen LogP contribution in [-0.4, -0.2) is 35.1 Å². The SMILES string of the molecule is CC[Si](CC)(CC)[C@@H]1CCCC(C(=O)OC)=C1OS(=O)(=O)C(F)(F)F. The standard InChI is InChI=1S/C15H25F3O5SSi/c1-5-25(6-2,7-3)12-10-8-9-11(14(19)22-4)13(12)23-24(20,21)15(16,17)18/h12H,5-10H2,1-4H3/t12-/m1/s1. The summed E-state index contributed by atoms with van der Waals surface area (Å²) >= 11 is 0. The third-order valence-corrected chi connectivity index (χ3v) is 12.5. The number of ether oxygens (including phenoxy) is 1. The molecular formula is C15H25F3O5SSi. The number of allylic oxidation sites excluding steroid dienone is 1. The van der Waals surface area contributed by atoms with Gasteiger partial charge in [-0.3, -0.25) is 0 Å². The average molecular weight is 403 g/mol. The Bertz CT molecular complexity index is 615. The van der Waals surface area contributed by atoms with E-state index in [9.17, 15) is 26.4 Å². The van der Waals surface area contributed by atoms with E-state index >= 15 is 0 Å². The van der Waals surface area contributed by atoms with Gasteiger partial charge >= 0.3 is 21.6 Å². The van der Waals surface area contributed by atoms with Crippen LogP contribution in [0.2, 0.25) is 23.7 Å². The molecule has 1 aliphatic rings. The second-order valence-corrected chi connectivity index (χ2v) is 13.3. The highest BCUT2D eigenvalue weighted by Gasteiger charge is 2.52. The number of rotatable bonds is 7. The van der Waals surface area contributed by atoms with Gasteiger partial charge in [-0.2, -0.15) is 21.6 Å². The summed E-state index contributed by atoms with van der Waals surface area (Å²) in [5.41, 5.74) is -6.08. The van der Waals surface area contributed by atoms with Crippen LogP contribution < -0.4 is 0 Å². The molecule has 0 aliphatic heterocycles. The molecule has 5 nitrogen and oxygen atoms in total. The van der Waals surface area contributed by atoms with E-state index in [0.29, 0.717) is 12.8 Å². The van der Waals surface area contributed by atoms with Crippen LogP contribution in [0.1, 0.15) is 40.0 Å². The summed E-state index contributed by atoms with van der Waals surface area (Å²) in [5, 5.41) is 0. The third-order valence-electron chi connectivity index (χ3n) is 5.30. The van der Waals surface area contributed by atoms with E-state index in [1.807, 2.05) is 20.8 Å². The number of carbonyl (C=O) groups is 1. The minimum Gasteiger partial charge on any atom is -0.466 e. The van der Waals surface area contributed by atoms with E-state index in [2.05, 4.69) is 8.92 Å². The van der Waals surface area contributed by atoms with Gasteiger partial charge in [-0.05, 0) is 19.3 Å². The molecule has 0 aromatic heterocycles. The van der Waals surface area contributed by atoms with Gasteiger partial charge in [-0.15, -0.1) is 0 Å². The molecule has 0 aromatic rings. The van der Waals surface area contributed by atoms with Crippen LogP contribution >= 0.6 is 0 Å². The van der Waals surface area contributed by atoms with E-state index in [1.54, 1.807) is 0 Å². The summed E-state index contributed by atoms with van der Waals surface area (Å²) in [5.74, 6) is -1.17. The summed E-state index contributed by atoms with van der Waals surface area (Å²) in [6, 6.07) is 2.29. The van der Waals surface area contributed by atoms with Crippen LogP contribution in [0.5, 0.6) is 0 Å². The Morgan fingerprint density at radius 3 is 2.12 bits per heavy atom. The van der Waals surface area contributed by atoms with E-state index in [-0.39, 0.29) is 17.8 Å². The molecule has 0 amide bonds. The lowest BCUT2D eigenvalue weighted by atomic mass is 9.97. The van der Waals surface area contributed by atoms with Crippen molar-refractivity contribution in [2.24, 2.45) is 0 Å². The number of methoxy groups -OCH3 is 1. The molecule has 146 valence electrons. The first-order valence-electron chi connectivity index (χ1n) is 8.31. The number of hydrogen-bond acceptors (Lipinski definition) is 5. The molecule has 0 aromatic carbocycles. The fourth-order valence-electron chi connectivity index (χ4n) is 3.62. The van der Waals surface area contributed by atoms with Crippen molar-refractivity contribution in [3.8, 4) is 0 Å². The van der Waals surface area contributed by atoms with Crippen molar-refractivity contribution >= 4 is 24.2 Å². The van der Waals surface area contributed by atoms with Gasteiger partial charge in [0.1, 0.15) is 5.76 Å². The van der Waals surface area contributed by atoms with Crippen LogP contribution in [0, 0.1) is 0 Å². The molecular weight excluding hydrogens is 377 g/mol. The maximum Gasteiger partial charge on any atom is 0.534 e. The minimum absolute atomic E-state index is 0.0844. The highest BCUT2D eigenvalue weighted by atomic mass is 32.2. The molecule has 1 aliphatic carbocycles. The maximum atomic E-state index is 12.8. The summed E-state index contributed by atoms with van der Waals surface area (Å²) in [7, 11) is -6.88. The van der Waals surface area contributed by atoms with E-state index < -0.39 is 35.2 Å². The van der Waals surface area contributed by atoms with Crippen molar-refractivity contribution in [1.82, 2.24) is 0 Å². The molecule has 0 N–H and O–H groups in total. The van der Waals surface area contributed by atoms with Crippen LogP contribution in [-0.2, 0) is 23.8 Å². The first kappa shape index (κ1) is 22.0. The number of esters is 1. The zero-order chi connectivity index (χ0) is 19.5. The van der Waals surface area contributed by atoms with Crippen molar-refractivity contribution in [3.63, 3.8) is 0 Å². The minimum atomic E-state index is -5.83. The molecule has 0 spiro atoms. The average Bonchev–Trinajstić information content (AvgIpc) is 2.56.